The molecule has 1 atom stereocenters. The molecule has 0 aliphatic rings. The SMILES string of the molecule is CC(CCNc1nc(NC(C)(C)C)ncc1[N+](=O)[O-])OC(=O)NC(C)(C)C. The minimum Gasteiger partial charge on any atom is -0.446 e. The van der Waals surface area contributed by atoms with Gasteiger partial charge in [0.15, 0.2) is 0 Å². The Kier molecular flexibility index (Phi) is 7.32. The fraction of sp³-hybridized carbons (Fsp3) is 0.706. The van der Waals surface area contributed by atoms with Crippen molar-refractivity contribution in [2.75, 3.05) is 17.2 Å². The summed E-state index contributed by atoms with van der Waals surface area (Å²) in [5, 5.41) is 19.9. The van der Waals surface area contributed by atoms with E-state index in [2.05, 4.69) is 25.9 Å². The lowest BCUT2D eigenvalue weighted by molar-refractivity contribution is -0.384. The van der Waals surface area contributed by atoms with Gasteiger partial charge in [-0.15, -0.1) is 0 Å². The molecule has 0 fully saturated rings. The zero-order valence-corrected chi connectivity index (χ0v) is 17.0. The van der Waals surface area contributed by atoms with Crippen LogP contribution in [0.4, 0.5) is 22.2 Å². The number of alkyl carbamates (subject to hydrolysis) is 1. The second-order valence-electron chi connectivity index (χ2n) is 8.37. The highest BCUT2D eigenvalue weighted by Gasteiger charge is 2.20. The van der Waals surface area contributed by atoms with Crippen LogP contribution in [0, 0.1) is 10.1 Å². The van der Waals surface area contributed by atoms with E-state index < -0.39 is 11.0 Å². The molecule has 0 saturated carbocycles. The summed E-state index contributed by atoms with van der Waals surface area (Å²) >= 11 is 0. The van der Waals surface area contributed by atoms with Crippen molar-refractivity contribution < 1.29 is 14.5 Å². The molecule has 3 N–H and O–H groups in total. The van der Waals surface area contributed by atoms with Gasteiger partial charge in [0, 0.05) is 24.0 Å². The third kappa shape index (κ3) is 9.02. The molecular weight excluding hydrogens is 352 g/mol. The average molecular weight is 382 g/mol. The molecule has 10 heteroatoms. The number of ether oxygens (including phenoxy) is 1. The summed E-state index contributed by atoms with van der Waals surface area (Å²) in [6, 6.07) is 0. The molecule has 1 aromatic rings. The topological polar surface area (TPSA) is 131 Å². The van der Waals surface area contributed by atoms with E-state index in [-0.39, 0.29) is 28.7 Å². The van der Waals surface area contributed by atoms with E-state index in [1.54, 1.807) is 6.92 Å². The first-order valence-electron chi connectivity index (χ1n) is 8.79. The largest absolute Gasteiger partial charge is 0.446 e. The first kappa shape index (κ1) is 22.4. The Labute approximate surface area is 159 Å². The van der Waals surface area contributed by atoms with Gasteiger partial charge >= 0.3 is 11.8 Å². The van der Waals surface area contributed by atoms with Crippen molar-refractivity contribution in [1.82, 2.24) is 15.3 Å². The van der Waals surface area contributed by atoms with Crippen LogP contribution in [0.5, 0.6) is 0 Å². The van der Waals surface area contributed by atoms with Gasteiger partial charge in [-0.3, -0.25) is 10.1 Å². The molecule has 1 unspecified atom stereocenters. The van der Waals surface area contributed by atoms with E-state index in [1.807, 2.05) is 41.5 Å². The molecule has 1 aromatic heterocycles. The summed E-state index contributed by atoms with van der Waals surface area (Å²) in [7, 11) is 0. The molecule has 27 heavy (non-hydrogen) atoms. The van der Waals surface area contributed by atoms with E-state index in [4.69, 9.17) is 4.74 Å². The van der Waals surface area contributed by atoms with Gasteiger partial charge in [0.1, 0.15) is 12.3 Å². The zero-order chi connectivity index (χ0) is 20.8. The van der Waals surface area contributed by atoms with E-state index in [0.29, 0.717) is 18.9 Å². The highest BCUT2D eigenvalue weighted by Crippen LogP contribution is 2.23. The number of amides is 1. The van der Waals surface area contributed by atoms with Crippen molar-refractivity contribution in [2.24, 2.45) is 0 Å². The number of carbonyl (C=O) groups excluding carboxylic acids is 1. The van der Waals surface area contributed by atoms with Crippen molar-refractivity contribution in [3.05, 3.63) is 16.3 Å². The van der Waals surface area contributed by atoms with Crippen molar-refractivity contribution in [1.29, 1.82) is 0 Å². The van der Waals surface area contributed by atoms with Crippen molar-refractivity contribution in [3.8, 4) is 0 Å². The number of hydrogen-bond donors (Lipinski definition) is 3. The smallest absolute Gasteiger partial charge is 0.407 e. The number of rotatable bonds is 7. The van der Waals surface area contributed by atoms with Gasteiger partial charge in [0.05, 0.1) is 4.92 Å². The molecule has 0 spiro atoms. The van der Waals surface area contributed by atoms with Crippen LogP contribution in [-0.2, 0) is 4.74 Å². The lowest BCUT2D eigenvalue weighted by atomic mass is 10.1. The highest BCUT2D eigenvalue weighted by atomic mass is 16.6. The number of carbonyl (C=O) groups is 1. The maximum absolute atomic E-state index is 11.8. The minimum absolute atomic E-state index is 0.119. The van der Waals surface area contributed by atoms with Crippen LogP contribution >= 0.6 is 0 Å². The van der Waals surface area contributed by atoms with Crippen molar-refractivity contribution in [3.63, 3.8) is 0 Å². The number of nitrogens with zero attached hydrogens (tertiary/aromatic N) is 3. The summed E-state index contributed by atoms with van der Waals surface area (Å²) in [5.74, 6) is 0.414. The second kappa shape index (κ2) is 8.83. The van der Waals surface area contributed by atoms with Crippen LogP contribution in [-0.4, -0.2) is 44.7 Å². The lowest BCUT2D eigenvalue weighted by Gasteiger charge is -2.22. The molecule has 0 saturated heterocycles. The predicted octanol–water partition coefficient (Wildman–Crippen LogP) is 3.31. The maximum Gasteiger partial charge on any atom is 0.407 e. The molecule has 1 amide bonds. The van der Waals surface area contributed by atoms with Crippen LogP contribution < -0.4 is 16.0 Å². The van der Waals surface area contributed by atoms with Gasteiger partial charge in [-0.2, -0.15) is 4.98 Å². The molecule has 0 aromatic carbocycles. The average Bonchev–Trinajstić information content (AvgIpc) is 2.42. The fourth-order valence-electron chi connectivity index (χ4n) is 2.01. The van der Waals surface area contributed by atoms with Crippen LogP contribution in [0.2, 0.25) is 0 Å². The number of nitrogens with one attached hydrogen (secondary N) is 3. The first-order chi connectivity index (χ1) is 12.3. The summed E-state index contributed by atoms with van der Waals surface area (Å²) in [4.78, 5) is 30.6. The molecule has 10 nitrogen and oxygen atoms in total. The standard InChI is InChI=1S/C17H30N6O4/c1-11(27-15(24)22-17(5,6)7)8-9-18-13-12(23(25)26)10-19-14(20-13)21-16(2,3)4/h10-11H,8-9H2,1-7H3,(H,22,24)(H2,18,19,20,21). The Morgan fingerprint density at radius 2 is 1.89 bits per heavy atom. The second-order valence-corrected chi connectivity index (χ2v) is 8.37. The van der Waals surface area contributed by atoms with Gasteiger partial charge in [0.25, 0.3) is 0 Å². The number of nitro groups is 1. The Bertz CT molecular complexity index is 666. The lowest BCUT2D eigenvalue weighted by Crippen LogP contribution is -2.42. The quantitative estimate of drug-likeness (QED) is 0.483. The molecule has 0 aliphatic carbocycles. The van der Waals surface area contributed by atoms with E-state index >= 15 is 0 Å². The third-order valence-corrected chi connectivity index (χ3v) is 3.08. The van der Waals surface area contributed by atoms with Crippen LogP contribution in [0.25, 0.3) is 0 Å². The predicted molar refractivity (Wildman–Crippen MR) is 104 cm³/mol. The van der Waals surface area contributed by atoms with Gasteiger partial charge < -0.3 is 20.7 Å². The summed E-state index contributed by atoms with van der Waals surface area (Å²) in [5.41, 5.74) is -0.878. The van der Waals surface area contributed by atoms with E-state index in [0.717, 1.165) is 0 Å². The van der Waals surface area contributed by atoms with Gasteiger partial charge in [-0.25, -0.2) is 9.78 Å². The van der Waals surface area contributed by atoms with Crippen molar-refractivity contribution in [2.45, 2.75) is 72.1 Å². The first-order valence-corrected chi connectivity index (χ1v) is 8.79. The van der Waals surface area contributed by atoms with Gasteiger partial charge in [-0.05, 0) is 48.5 Å². The molecule has 152 valence electrons. The Morgan fingerprint density at radius 1 is 1.26 bits per heavy atom. The highest BCUT2D eigenvalue weighted by molar-refractivity contribution is 5.68. The summed E-state index contributed by atoms with van der Waals surface area (Å²) in [6.45, 7) is 13.5. The molecule has 1 rings (SSSR count). The Hall–Kier alpha value is -2.65. The molecular formula is C17H30N6O4. The minimum atomic E-state index is -0.542. The van der Waals surface area contributed by atoms with Crippen LogP contribution in [0.3, 0.4) is 0 Å². The Balaban J connectivity index is 2.67. The van der Waals surface area contributed by atoms with Crippen LogP contribution in [0.1, 0.15) is 54.9 Å². The fourth-order valence-corrected chi connectivity index (χ4v) is 2.01. The van der Waals surface area contributed by atoms with Gasteiger partial charge in [-0.1, -0.05) is 0 Å². The molecule has 1 heterocycles. The number of aromatic nitrogens is 2. The van der Waals surface area contributed by atoms with E-state index in [9.17, 15) is 14.9 Å². The maximum atomic E-state index is 11.8. The Morgan fingerprint density at radius 3 is 2.41 bits per heavy atom. The molecule has 0 aliphatic heterocycles. The third-order valence-electron chi connectivity index (χ3n) is 3.08. The molecule has 0 bridgehead atoms. The molecule has 0 radical (unpaired) electrons. The van der Waals surface area contributed by atoms with Crippen LogP contribution in [0.15, 0.2) is 6.20 Å². The zero-order valence-electron chi connectivity index (χ0n) is 17.0. The number of anilines is 2. The summed E-state index contributed by atoms with van der Waals surface area (Å²) in [6.07, 6.45) is 0.758. The van der Waals surface area contributed by atoms with Crippen molar-refractivity contribution >= 4 is 23.5 Å². The van der Waals surface area contributed by atoms with Gasteiger partial charge in [0.2, 0.25) is 11.8 Å². The monoisotopic (exact) mass is 382 g/mol. The normalized spacial score (nSPS) is 12.9. The number of hydrogen-bond acceptors (Lipinski definition) is 8. The summed E-state index contributed by atoms with van der Waals surface area (Å²) < 4.78 is 5.26. The van der Waals surface area contributed by atoms with E-state index in [1.165, 1.54) is 6.20 Å².